The molecule has 0 heterocycles. The number of nitriles is 1. The number of nitrogens with two attached hydrogens (primary N) is 1. The van der Waals surface area contributed by atoms with Gasteiger partial charge < -0.3 is 21.3 Å². The Morgan fingerprint density at radius 2 is 1.81 bits per heavy atom. The van der Waals surface area contributed by atoms with Gasteiger partial charge in [-0.2, -0.15) is 5.26 Å². The number of halogens is 2. The average molecular weight is 514 g/mol. The van der Waals surface area contributed by atoms with Crippen molar-refractivity contribution in [3.8, 4) is 6.07 Å². The molecule has 0 fully saturated rings. The molecule has 0 saturated heterocycles. The summed E-state index contributed by atoms with van der Waals surface area (Å²) in [5, 5.41) is 16.2. The van der Waals surface area contributed by atoms with Crippen LogP contribution in [0.25, 0.3) is 0 Å². The van der Waals surface area contributed by atoms with Crippen molar-refractivity contribution in [1.29, 1.82) is 5.26 Å². The summed E-state index contributed by atoms with van der Waals surface area (Å²) >= 11 is 0. The Morgan fingerprint density at radius 3 is 2.43 bits per heavy atom. The highest BCUT2D eigenvalue weighted by Crippen LogP contribution is 2.31. The number of amides is 4. The van der Waals surface area contributed by atoms with Gasteiger partial charge in [0.1, 0.15) is 6.07 Å². The van der Waals surface area contributed by atoms with Crippen LogP contribution in [0.5, 0.6) is 0 Å². The number of carbonyl (C=O) groups excluding carboxylic acids is 3. The van der Waals surface area contributed by atoms with Crippen LogP contribution in [0, 0.1) is 28.4 Å². The number of hydrogen-bond acceptors (Lipinski definition) is 6. The molecule has 0 radical (unpaired) electrons. The maximum Gasteiger partial charge on any atom is 0.324 e. The van der Waals surface area contributed by atoms with E-state index in [-0.39, 0.29) is 24.3 Å². The first kappa shape index (κ1) is 28.7. The van der Waals surface area contributed by atoms with Gasteiger partial charge >= 0.3 is 6.03 Å². The first-order valence-corrected chi connectivity index (χ1v) is 11.2. The minimum absolute atomic E-state index is 0.0717. The number of nitrogens with zero attached hydrogens (tertiary/aromatic N) is 3. The van der Waals surface area contributed by atoms with E-state index in [1.54, 1.807) is 25.2 Å². The number of rotatable bonds is 9. The highest BCUT2D eigenvalue weighted by Gasteiger charge is 2.20. The molecule has 5 N–H and O–H groups in total. The number of carbonyl (C=O) groups is 3. The van der Waals surface area contributed by atoms with E-state index in [0.29, 0.717) is 23.5 Å². The highest BCUT2D eigenvalue weighted by molar-refractivity contribution is 5.97. The second-order valence-electron chi connectivity index (χ2n) is 9.29. The summed E-state index contributed by atoms with van der Waals surface area (Å²) in [6, 6.07) is 7.66. The summed E-state index contributed by atoms with van der Waals surface area (Å²) in [5.41, 5.74) is 5.39. The number of primary amides is 1. The van der Waals surface area contributed by atoms with Crippen LogP contribution in [0.2, 0.25) is 0 Å². The Balaban J connectivity index is 2.21. The number of benzene rings is 2. The number of nitrogens with one attached hydrogen (secondary N) is 3. The lowest BCUT2D eigenvalue weighted by molar-refractivity contribution is -0.120. The van der Waals surface area contributed by atoms with E-state index >= 15 is 0 Å². The van der Waals surface area contributed by atoms with Crippen molar-refractivity contribution in [2.75, 3.05) is 29.1 Å². The minimum Gasteiger partial charge on any atom is -0.383 e. The number of anilines is 3. The summed E-state index contributed by atoms with van der Waals surface area (Å²) in [5.74, 6) is -3.34. The Kier molecular flexibility index (Phi) is 9.65. The predicted octanol–water partition coefficient (Wildman–Crippen LogP) is 4.00. The van der Waals surface area contributed by atoms with Gasteiger partial charge in [-0.1, -0.05) is 20.8 Å². The van der Waals surface area contributed by atoms with E-state index in [1.165, 1.54) is 11.0 Å². The maximum atomic E-state index is 14.0. The SMILES string of the molecule is CN(C(=O)CC(C)(C)C)c1ccc(NCCC(N)=O)c(N=CNC(=O)Nc2ccc(C#N)c(F)c2F)c1. The molecule has 0 bridgehead atoms. The van der Waals surface area contributed by atoms with Crippen LogP contribution in [-0.4, -0.2) is 37.8 Å². The largest absolute Gasteiger partial charge is 0.383 e. The summed E-state index contributed by atoms with van der Waals surface area (Å²) < 4.78 is 27.8. The molecule has 2 aromatic carbocycles. The zero-order chi connectivity index (χ0) is 27.8. The number of aliphatic imine (C=N–C) groups is 1. The fourth-order valence-corrected chi connectivity index (χ4v) is 3.07. The lowest BCUT2D eigenvalue weighted by atomic mass is 9.91. The third-order valence-corrected chi connectivity index (χ3v) is 4.96. The molecular formula is C25H29F2N7O3. The van der Waals surface area contributed by atoms with E-state index in [1.807, 2.05) is 20.8 Å². The molecule has 0 aliphatic rings. The van der Waals surface area contributed by atoms with E-state index in [2.05, 4.69) is 20.9 Å². The van der Waals surface area contributed by atoms with Gasteiger partial charge in [-0.05, 0) is 35.7 Å². The summed E-state index contributed by atoms with van der Waals surface area (Å²) in [7, 11) is 1.63. The highest BCUT2D eigenvalue weighted by atomic mass is 19.2. The van der Waals surface area contributed by atoms with Crippen LogP contribution >= 0.6 is 0 Å². The third-order valence-electron chi connectivity index (χ3n) is 4.96. The van der Waals surface area contributed by atoms with Crippen LogP contribution in [-0.2, 0) is 9.59 Å². The third kappa shape index (κ3) is 8.57. The molecule has 4 amide bonds. The van der Waals surface area contributed by atoms with E-state index in [0.717, 1.165) is 18.5 Å². The van der Waals surface area contributed by atoms with Gasteiger partial charge in [0.05, 0.1) is 29.0 Å². The van der Waals surface area contributed by atoms with E-state index in [4.69, 9.17) is 11.0 Å². The smallest absolute Gasteiger partial charge is 0.324 e. The number of hydrogen-bond donors (Lipinski definition) is 4. The maximum absolute atomic E-state index is 14.0. The van der Waals surface area contributed by atoms with E-state index in [9.17, 15) is 23.2 Å². The standard InChI is InChI=1S/C25H29F2N7O3/c1-25(2,3)12-21(36)34(4)16-6-8-17(30-10-9-20(29)35)19(11-16)31-14-32-24(37)33-18-7-5-15(13-28)22(26)23(18)27/h5-8,11,14,30H,9-10,12H2,1-4H3,(H2,29,35)(H2,31,32,33,37). The van der Waals surface area contributed by atoms with Crippen molar-refractivity contribution in [3.63, 3.8) is 0 Å². The first-order valence-electron chi connectivity index (χ1n) is 11.2. The Hall–Kier alpha value is -4.53. The quantitative estimate of drug-likeness (QED) is 0.295. The van der Waals surface area contributed by atoms with Crippen molar-refractivity contribution in [3.05, 3.63) is 47.5 Å². The van der Waals surface area contributed by atoms with Crippen LogP contribution < -0.4 is 26.6 Å². The number of urea groups is 1. The summed E-state index contributed by atoms with van der Waals surface area (Å²) in [6.45, 7) is 6.09. The molecule has 0 aliphatic heterocycles. The van der Waals surface area contributed by atoms with Crippen LogP contribution in [0.3, 0.4) is 0 Å². The molecule has 2 aromatic rings. The molecule has 37 heavy (non-hydrogen) atoms. The topological polar surface area (TPSA) is 153 Å². The Labute approximate surface area is 213 Å². The Morgan fingerprint density at radius 1 is 1.14 bits per heavy atom. The molecule has 12 heteroatoms. The molecule has 0 aliphatic carbocycles. The van der Waals surface area contributed by atoms with Crippen LogP contribution in [0.15, 0.2) is 35.3 Å². The monoisotopic (exact) mass is 513 g/mol. The van der Waals surface area contributed by atoms with Crippen LogP contribution in [0.1, 0.15) is 39.2 Å². The minimum atomic E-state index is -1.37. The molecule has 0 saturated carbocycles. The van der Waals surface area contributed by atoms with Crippen molar-refractivity contribution in [1.82, 2.24) is 5.32 Å². The predicted molar refractivity (Wildman–Crippen MR) is 138 cm³/mol. The fourth-order valence-electron chi connectivity index (χ4n) is 3.07. The molecule has 0 spiro atoms. The molecule has 196 valence electrons. The normalized spacial score (nSPS) is 11.1. The van der Waals surface area contributed by atoms with Crippen molar-refractivity contribution >= 4 is 46.9 Å². The van der Waals surface area contributed by atoms with Crippen molar-refractivity contribution in [2.24, 2.45) is 16.1 Å². The van der Waals surface area contributed by atoms with Gasteiger partial charge in [-0.25, -0.2) is 18.6 Å². The zero-order valence-corrected chi connectivity index (χ0v) is 21.0. The average Bonchev–Trinajstić information content (AvgIpc) is 2.81. The lowest BCUT2D eigenvalue weighted by Crippen LogP contribution is -2.29. The van der Waals surface area contributed by atoms with Gasteiger partial charge in [0.15, 0.2) is 11.6 Å². The van der Waals surface area contributed by atoms with Gasteiger partial charge in [0.25, 0.3) is 0 Å². The molecule has 0 unspecified atom stereocenters. The van der Waals surface area contributed by atoms with Gasteiger partial charge in [0.2, 0.25) is 11.8 Å². The second kappa shape index (κ2) is 12.4. The molecular weight excluding hydrogens is 484 g/mol. The molecule has 10 nitrogen and oxygen atoms in total. The van der Waals surface area contributed by atoms with Gasteiger partial charge in [0, 0.05) is 32.1 Å². The zero-order valence-electron chi connectivity index (χ0n) is 21.0. The van der Waals surface area contributed by atoms with Gasteiger partial charge in [-0.15, -0.1) is 0 Å². The van der Waals surface area contributed by atoms with Crippen molar-refractivity contribution in [2.45, 2.75) is 33.6 Å². The lowest BCUT2D eigenvalue weighted by Gasteiger charge is -2.24. The van der Waals surface area contributed by atoms with Crippen molar-refractivity contribution < 1.29 is 23.2 Å². The fraction of sp³-hybridized carbons (Fsp3) is 0.320. The molecule has 0 aromatic heterocycles. The van der Waals surface area contributed by atoms with Gasteiger partial charge in [-0.3, -0.25) is 14.9 Å². The van der Waals surface area contributed by atoms with Crippen LogP contribution in [0.4, 0.5) is 36.3 Å². The summed E-state index contributed by atoms with van der Waals surface area (Å²) in [4.78, 5) is 41.6. The van der Waals surface area contributed by atoms with E-state index < -0.39 is 34.8 Å². The Bertz CT molecular complexity index is 1250. The first-order chi connectivity index (χ1) is 17.3. The molecule has 0 atom stereocenters. The summed E-state index contributed by atoms with van der Waals surface area (Å²) in [6.07, 6.45) is 1.42. The molecule has 2 rings (SSSR count). The second-order valence-corrected chi connectivity index (χ2v) is 9.29.